The second-order valence-corrected chi connectivity index (χ2v) is 7.37. The summed E-state index contributed by atoms with van der Waals surface area (Å²) in [6, 6.07) is 10.5. The van der Waals surface area contributed by atoms with E-state index in [0.717, 1.165) is 44.8 Å². The van der Waals surface area contributed by atoms with Crippen molar-refractivity contribution in [1.29, 1.82) is 0 Å². The molecule has 4 rings (SSSR count). The lowest BCUT2D eigenvalue weighted by Crippen LogP contribution is -2.48. The molecule has 25 heavy (non-hydrogen) atoms. The number of hydrogen-bond acceptors (Lipinski definition) is 3. The fourth-order valence-electron chi connectivity index (χ4n) is 3.94. The van der Waals surface area contributed by atoms with Crippen LogP contribution in [0.1, 0.15) is 29.2 Å². The molecule has 1 aromatic carbocycles. The highest BCUT2D eigenvalue weighted by Crippen LogP contribution is 2.48. The van der Waals surface area contributed by atoms with Crippen LogP contribution >= 0.6 is 0 Å². The molecule has 2 heterocycles. The van der Waals surface area contributed by atoms with Crippen molar-refractivity contribution in [2.45, 2.75) is 25.8 Å². The number of piperazine rings is 1. The summed E-state index contributed by atoms with van der Waals surface area (Å²) in [5, 5.41) is 4.41. The van der Waals surface area contributed by atoms with Gasteiger partial charge in [0.05, 0.1) is 5.69 Å². The van der Waals surface area contributed by atoms with Crippen LogP contribution < -0.4 is 0 Å². The van der Waals surface area contributed by atoms with E-state index in [1.165, 1.54) is 11.1 Å². The maximum absolute atomic E-state index is 12.8. The maximum atomic E-state index is 12.8. The van der Waals surface area contributed by atoms with Gasteiger partial charge in [0, 0.05) is 57.4 Å². The Balaban J connectivity index is 1.29. The molecule has 0 radical (unpaired) electrons. The van der Waals surface area contributed by atoms with Crippen LogP contribution in [0.3, 0.4) is 0 Å². The van der Waals surface area contributed by atoms with Gasteiger partial charge in [-0.25, -0.2) is 0 Å². The number of aromatic nitrogens is 2. The zero-order valence-corrected chi connectivity index (χ0v) is 15.1. The molecule has 0 N–H and O–H groups in total. The number of benzene rings is 1. The minimum atomic E-state index is 0.203. The van der Waals surface area contributed by atoms with Crippen LogP contribution in [0.15, 0.2) is 36.5 Å². The van der Waals surface area contributed by atoms with E-state index in [9.17, 15) is 4.79 Å². The molecule has 0 bridgehead atoms. The topological polar surface area (TPSA) is 41.4 Å². The molecule has 5 heteroatoms. The Kier molecular flexibility index (Phi) is 4.34. The Bertz CT molecular complexity index is 746. The fraction of sp³-hybridized carbons (Fsp3) is 0.500. The van der Waals surface area contributed by atoms with Crippen molar-refractivity contribution in [3.05, 3.63) is 53.3 Å². The summed E-state index contributed by atoms with van der Waals surface area (Å²) in [5.41, 5.74) is 3.70. The van der Waals surface area contributed by atoms with Crippen LogP contribution in [-0.2, 0) is 18.4 Å². The average Bonchev–Trinajstić information content (AvgIpc) is 3.36. The van der Waals surface area contributed by atoms with E-state index in [1.807, 2.05) is 17.8 Å². The van der Waals surface area contributed by atoms with Gasteiger partial charge in [-0.2, -0.15) is 5.10 Å². The van der Waals surface area contributed by atoms with Crippen LogP contribution in [0.2, 0.25) is 0 Å². The molecule has 1 saturated heterocycles. The van der Waals surface area contributed by atoms with Gasteiger partial charge >= 0.3 is 0 Å². The molecule has 1 saturated carbocycles. The number of hydrogen-bond donors (Lipinski definition) is 0. The number of aryl methyl sites for hydroxylation is 2. The second kappa shape index (κ2) is 6.64. The Morgan fingerprint density at radius 2 is 1.88 bits per heavy atom. The Labute approximate surface area is 149 Å². The zero-order chi connectivity index (χ0) is 17.4. The SMILES string of the molecule is Cc1nn(C)cc1CN1CCN(C(=O)C2CC2c2ccccc2)CC1. The molecule has 1 aliphatic carbocycles. The summed E-state index contributed by atoms with van der Waals surface area (Å²) in [6.45, 7) is 6.57. The van der Waals surface area contributed by atoms with Gasteiger partial charge in [-0.1, -0.05) is 30.3 Å². The van der Waals surface area contributed by atoms with Crippen molar-refractivity contribution in [3.8, 4) is 0 Å². The monoisotopic (exact) mass is 338 g/mol. The van der Waals surface area contributed by atoms with Crippen LogP contribution in [0, 0.1) is 12.8 Å². The van der Waals surface area contributed by atoms with Crippen molar-refractivity contribution in [2.24, 2.45) is 13.0 Å². The molecule has 0 spiro atoms. The molecule has 132 valence electrons. The molecule has 2 unspecified atom stereocenters. The van der Waals surface area contributed by atoms with Crippen molar-refractivity contribution in [1.82, 2.24) is 19.6 Å². The molecule has 1 aliphatic heterocycles. The van der Waals surface area contributed by atoms with Gasteiger partial charge in [0.2, 0.25) is 5.91 Å². The van der Waals surface area contributed by atoms with Crippen LogP contribution in [0.5, 0.6) is 0 Å². The summed E-state index contributed by atoms with van der Waals surface area (Å²) in [4.78, 5) is 17.3. The van der Waals surface area contributed by atoms with Crippen LogP contribution in [0.4, 0.5) is 0 Å². The van der Waals surface area contributed by atoms with E-state index in [-0.39, 0.29) is 5.92 Å². The van der Waals surface area contributed by atoms with E-state index < -0.39 is 0 Å². The largest absolute Gasteiger partial charge is 0.340 e. The number of nitrogens with zero attached hydrogens (tertiary/aromatic N) is 4. The Hall–Kier alpha value is -2.14. The first-order chi connectivity index (χ1) is 12.1. The molecule has 2 aliphatic rings. The van der Waals surface area contributed by atoms with Crippen molar-refractivity contribution in [2.75, 3.05) is 26.2 Å². The molecule has 2 aromatic rings. The minimum absolute atomic E-state index is 0.203. The third-order valence-electron chi connectivity index (χ3n) is 5.53. The summed E-state index contributed by atoms with van der Waals surface area (Å²) >= 11 is 0. The van der Waals surface area contributed by atoms with Crippen molar-refractivity contribution < 1.29 is 4.79 Å². The van der Waals surface area contributed by atoms with E-state index >= 15 is 0 Å². The van der Waals surface area contributed by atoms with E-state index in [0.29, 0.717) is 11.8 Å². The third-order valence-corrected chi connectivity index (χ3v) is 5.53. The summed E-state index contributed by atoms with van der Waals surface area (Å²) in [5.74, 6) is 0.991. The minimum Gasteiger partial charge on any atom is -0.340 e. The molecular formula is C20H26N4O. The Morgan fingerprint density at radius 1 is 1.16 bits per heavy atom. The first-order valence-corrected chi connectivity index (χ1v) is 9.17. The first-order valence-electron chi connectivity index (χ1n) is 9.17. The van der Waals surface area contributed by atoms with Gasteiger partial charge in [-0.15, -0.1) is 0 Å². The highest BCUT2D eigenvalue weighted by atomic mass is 16.2. The summed E-state index contributed by atoms with van der Waals surface area (Å²) in [7, 11) is 1.96. The fourth-order valence-corrected chi connectivity index (χ4v) is 3.94. The van der Waals surface area contributed by atoms with E-state index in [4.69, 9.17) is 0 Å². The van der Waals surface area contributed by atoms with Gasteiger partial charge in [-0.3, -0.25) is 14.4 Å². The van der Waals surface area contributed by atoms with Gasteiger partial charge in [0.25, 0.3) is 0 Å². The molecule has 2 fully saturated rings. The lowest BCUT2D eigenvalue weighted by molar-refractivity contribution is -0.134. The lowest BCUT2D eigenvalue weighted by atomic mass is 10.1. The number of amides is 1. The van der Waals surface area contributed by atoms with Crippen molar-refractivity contribution >= 4 is 5.91 Å². The number of carbonyl (C=O) groups is 1. The van der Waals surface area contributed by atoms with Gasteiger partial charge < -0.3 is 4.90 Å². The highest BCUT2D eigenvalue weighted by Gasteiger charge is 2.45. The smallest absolute Gasteiger partial charge is 0.226 e. The summed E-state index contributed by atoms with van der Waals surface area (Å²) in [6.07, 6.45) is 3.11. The molecular weight excluding hydrogens is 312 g/mol. The molecule has 2 atom stereocenters. The second-order valence-electron chi connectivity index (χ2n) is 7.37. The average molecular weight is 338 g/mol. The van der Waals surface area contributed by atoms with Crippen LogP contribution in [0.25, 0.3) is 0 Å². The molecule has 5 nitrogen and oxygen atoms in total. The standard InChI is InChI=1S/C20H26N4O/c1-15-17(13-22(2)21-15)14-23-8-10-24(11-9-23)20(25)19-12-18(19)16-6-4-3-5-7-16/h3-7,13,18-19H,8-12,14H2,1-2H3. The number of carbonyl (C=O) groups excluding carboxylic acids is 1. The van der Waals surface area contributed by atoms with Gasteiger partial charge in [-0.05, 0) is 24.8 Å². The predicted molar refractivity (Wildman–Crippen MR) is 97.1 cm³/mol. The van der Waals surface area contributed by atoms with Crippen LogP contribution in [-0.4, -0.2) is 51.7 Å². The Morgan fingerprint density at radius 3 is 2.52 bits per heavy atom. The first kappa shape index (κ1) is 16.3. The van der Waals surface area contributed by atoms with Gasteiger partial charge in [0.1, 0.15) is 0 Å². The quantitative estimate of drug-likeness (QED) is 0.858. The van der Waals surface area contributed by atoms with Crippen molar-refractivity contribution in [3.63, 3.8) is 0 Å². The molecule has 1 aromatic heterocycles. The summed E-state index contributed by atoms with van der Waals surface area (Å²) < 4.78 is 1.88. The lowest BCUT2D eigenvalue weighted by Gasteiger charge is -2.34. The predicted octanol–water partition coefficient (Wildman–Crippen LogP) is 2.18. The van der Waals surface area contributed by atoms with Gasteiger partial charge in [0.15, 0.2) is 0 Å². The maximum Gasteiger partial charge on any atom is 0.226 e. The molecule has 1 amide bonds. The highest BCUT2D eigenvalue weighted by molar-refractivity contribution is 5.83. The normalized spacial score (nSPS) is 23.7. The zero-order valence-electron chi connectivity index (χ0n) is 15.1. The van der Waals surface area contributed by atoms with E-state index in [1.54, 1.807) is 0 Å². The van der Waals surface area contributed by atoms with E-state index in [2.05, 4.69) is 52.3 Å². The third kappa shape index (κ3) is 3.47. The number of rotatable bonds is 4.